The molecule has 1 aliphatic rings. The second kappa shape index (κ2) is 5.74. The summed E-state index contributed by atoms with van der Waals surface area (Å²) in [6.45, 7) is 0. The lowest BCUT2D eigenvalue weighted by Gasteiger charge is -2.25. The molecule has 1 atom stereocenters. The molecular weight excluding hydrogens is 280 g/mol. The highest BCUT2D eigenvalue weighted by Gasteiger charge is 2.25. The fourth-order valence-corrected chi connectivity index (χ4v) is 2.86. The highest BCUT2D eigenvalue weighted by Crippen LogP contribution is 2.38. The van der Waals surface area contributed by atoms with Crippen LogP contribution in [0.3, 0.4) is 0 Å². The summed E-state index contributed by atoms with van der Waals surface area (Å²) in [6.07, 6.45) is 2.02. The molecule has 3 rings (SSSR count). The number of aliphatic imine (C=N–C) groups is 1. The molecule has 0 aromatic heterocycles. The van der Waals surface area contributed by atoms with Crippen molar-refractivity contribution in [2.45, 2.75) is 6.04 Å². The van der Waals surface area contributed by atoms with Crippen molar-refractivity contribution >= 4 is 22.3 Å². The van der Waals surface area contributed by atoms with E-state index in [2.05, 4.69) is 30.3 Å². The van der Waals surface area contributed by atoms with Crippen LogP contribution in [0.1, 0.15) is 22.7 Å². The maximum atomic E-state index is 6.45. The van der Waals surface area contributed by atoms with Crippen molar-refractivity contribution in [1.29, 1.82) is 0 Å². The molecule has 106 valence electrons. The first-order valence-corrected chi connectivity index (χ1v) is 7.31. The lowest BCUT2D eigenvalue weighted by molar-refractivity contribution is 0.566. The van der Waals surface area contributed by atoms with Crippen molar-refractivity contribution in [3.63, 3.8) is 0 Å². The number of benzene rings is 2. The van der Waals surface area contributed by atoms with Crippen LogP contribution in [0, 0.1) is 0 Å². The molecule has 1 aliphatic heterocycles. The molecule has 0 N–H and O–H groups in total. The van der Waals surface area contributed by atoms with Crippen LogP contribution in [0.5, 0.6) is 0 Å². The summed E-state index contributed by atoms with van der Waals surface area (Å²) in [7, 11) is 3.98. The molecule has 0 radical (unpaired) electrons. The topological polar surface area (TPSA) is 15.6 Å². The normalized spacial score (nSPS) is 19.1. The van der Waals surface area contributed by atoms with Gasteiger partial charge in [0.15, 0.2) is 0 Å². The van der Waals surface area contributed by atoms with E-state index < -0.39 is 0 Å². The summed E-state index contributed by atoms with van der Waals surface area (Å²) in [5, 5.41) is 0.566. The predicted molar refractivity (Wildman–Crippen MR) is 89.7 cm³/mol. The van der Waals surface area contributed by atoms with Crippen LogP contribution < -0.4 is 0 Å². The van der Waals surface area contributed by atoms with Crippen LogP contribution >= 0.6 is 11.6 Å². The fraction of sp³-hybridized carbons (Fsp3) is 0.167. The van der Waals surface area contributed by atoms with Gasteiger partial charge >= 0.3 is 0 Å². The molecule has 0 amide bonds. The van der Waals surface area contributed by atoms with Gasteiger partial charge in [-0.2, -0.15) is 0 Å². The average molecular weight is 297 g/mol. The van der Waals surface area contributed by atoms with Gasteiger partial charge in [-0.05, 0) is 16.7 Å². The Bertz CT molecular complexity index is 702. The Morgan fingerprint density at radius 1 is 1.00 bits per heavy atom. The third-order valence-electron chi connectivity index (χ3n) is 3.51. The Labute approximate surface area is 130 Å². The molecule has 0 saturated carbocycles. The Morgan fingerprint density at radius 3 is 2.38 bits per heavy atom. The van der Waals surface area contributed by atoms with Gasteiger partial charge < -0.3 is 4.90 Å². The van der Waals surface area contributed by atoms with Gasteiger partial charge in [-0.3, -0.25) is 4.99 Å². The number of halogens is 1. The summed E-state index contributed by atoms with van der Waals surface area (Å²) in [4.78, 5) is 6.71. The molecule has 0 aliphatic carbocycles. The van der Waals surface area contributed by atoms with E-state index in [0.29, 0.717) is 5.17 Å². The highest BCUT2D eigenvalue weighted by molar-refractivity contribution is 6.76. The number of nitrogens with zero attached hydrogens (tertiary/aromatic N) is 2. The Morgan fingerprint density at radius 2 is 1.67 bits per heavy atom. The van der Waals surface area contributed by atoms with Gasteiger partial charge in [0.2, 0.25) is 0 Å². The molecule has 2 aromatic carbocycles. The Balaban J connectivity index is 2.17. The zero-order valence-electron chi connectivity index (χ0n) is 12.1. The van der Waals surface area contributed by atoms with Crippen molar-refractivity contribution in [2.75, 3.05) is 14.1 Å². The number of fused-ring (bicyclic) bond motifs is 1. The minimum atomic E-state index is -0.0331. The van der Waals surface area contributed by atoms with E-state index in [4.69, 9.17) is 16.6 Å². The van der Waals surface area contributed by atoms with Crippen LogP contribution in [0.2, 0.25) is 0 Å². The molecular formula is C18H17ClN2. The van der Waals surface area contributed by atoms with E-state index in [9.17, 15) is 0 Å². The summed E-state index contributed by atoms with van der Waals surface area (Å²) in [6, 6.07) is 18.6. The zero-order chi connectivity index (χ0) is 14.8. The third-order valence-corrected chi connectivity index (χ3v) is 3.81. The quantitative estimate of drug-likeness (QED) is 0.805. The molecule has 21 heavy (non-hydrogen) atoms. The van der Waals surface area contributed by atoms with Crippen LogP contribution in [0.15, 0.2) is 65.8 Å². The van der Waals surface area contributed by atoms with Gasteiger partial charge in [-0.15, -0.1) is 0 Å². The molecule has 0 bridgehead atoms. The van der Waals surface area contributed by atoms with E-state index in [1.807, 2.05) is 49.5 Å². The molecule has 2 aromatic rings. The standard InChI is InChI=1S/C18H17ClN2/c1-21(2)12-16-14-10-6-7-11-15(14)17(20-18(16)19)13-8-4-3-5-9-13/h3-12,17H,1-2H3/b16-12+. The van der Waals surface area contributed by atoms with E-state index in [-0.39, 0.29) is 6.04 Å². The molecule has 0 fully saturated rings. The van der Waals surface area contributed by atoms with E-state index >= 15 is 0 Å². The summed E-state index contributed by atoms with van der Waals surface area (Å²) >= 11 is 6.45. The highest BCUT2D eigenvalue weighted by atomic mass is 35.5. The van der Waals surface area contributed by atoms with E-state index in [0.717, 1.165) is 16.7 Å². The van der Waals surface area contributed by atoms with Crippen molar-refractivity contribution in [3.05, 3.63) is 77.5 Å². The number of rotatable bonds is 2. The van der Waals surface area contributed by atoms with Gasteiger partial charge in [0, 0.05) is 25.9 Å². The Hall–Kier alpha value is -2.06. The van der Waals surface area contributed by atoms with Crippen LogP contribution in [-0.4, -0.2) is 24.2 Å². The van der Waals surface area contributed by atoms with E-state index in [1.165, 1.54) is 5.56 Å². The minimum absolute atomic E-state index is 0.0331. The SMILES string of the molecule is CN(C)/C=C1/C(Cl)=NC(c2ccccc2)c2ccccc21. The summed E-state index contributed by atoms with van der Waals surface area (Å²) in [5.74, 6) is 0. The summed E-state index contributed by atoms with van der Waals surface area (Å²) < 4.78 is 0. The monoisotopic (exact) mass is 296 g/mol. The second-order valence-electron chi connectivity index (χ2n) is 5.33. The lowest BCUT2D eigenvalue weighted by atomic mass is 9.89. The van der Waals surface area contributed by atoms with Gasteiger partial charge in [-0.1, -0.05) is 66.2 Å². The average Bonchev–Trinajstić information content (AvgIpc) is 2.50. The molecule has 0 saturated heterocycles. The van der Waals surface area contributed by atoms with Crippen molar-refractivity contribution < 1.29 is 0 Å². The van der Waals surface area contributed by atoms with Crippen LogP contribution in [-0.2, 0) is 0 Å². The first-order chi connectivity index (χ1) is 10.2. The van der Waals surface area contributed by atoms with Crippen molar-refractivity contribution in [3.8, 4) is 0 Å². The van der Waals surface area contributed by atoms with Gasteiger partial charge in [-0.25, -0.2) is 0 Å². The number of hydrogen-bond acceptors (Lipinski definition) is 2. The molecule has 1 unspecified atom stereocenters. The maximum absolute atomic E-state index is 6.45. The van der Waals surface area contributed by atoms with Crippen molar-refractivity contribution in [1.82, 2.24) is 4.90 Å². The lowest BCUT2D eigenvalue weighted by Crippen LogP contribution is -2.14. The fourth-order valence-electron chi connectivity index (χ4n) is 2.61. The van der Waals surface area contributed by atoms with Gasteiger partial charge in [0.05, 0.1) is 0 Å². The smallest absolute Gasteiger partial charge is 0.133 e. The zero-order valence-corrected chi connectivity index (χ0v) is 12.9. The first-order valence-electron chi connectivity index (χ1n) is 6.93. The first kappa shape index (κ1) is 13.9. The summed E-state index contributed by atoms with van der Waals surface area (Å²) in [5.41, 5.74) is 4.48. The largest absolute Gasteiger partial charge is 0.383 e. The number of allylic oxidation sites excluding steroid dienone is 1. The minimum Gasteiger partial charge on any atom is -0.383 e. The molecule has 1 heterocycles. The van der Waals surface area contributed by atoms with E-state index in [1.54, 1.807) is 0 Å². The van der Waals surface area contributed by atoms with Gasteiger partial charge in [0.1, 0.15) is 11.2 Å². The maximum Gasteiger partial charge on any atom is 0.133 e. The second-order valence-corrected chi connectivity index (χ2v) is 5.68. The van der Waals surface area contributed by atoms with Crippen molar-refractivity contribution in [2.24, 2.45) is 4.99 Å². The van der Waals surface area contributed by atoms with Crippen LogP contribution in [0.25, 0.3) is 5.57 Å². The third kappa shape index (κ3) is 2.72. The molecule has 0 spiro atoms. The number of hydrogen-bond donors (Lipinski definition) is 0. The van der Waals surface area contributed by atoms with Crippen LogP contribution in [0.4, 0.5) is 0 Å². The van der Waals surface area contributed by atoms with Gasteiger partial charge in [0.25, 0.3) is 0 Å². The predicted octanol–water partition coefficient (Wildman–Crippen LogP) is 4.33. The molecule has 2 nitrogen and oxygen atoms in total. The Kier molecular flexibility index (Phi) is 3.80. The molecule has 3 heteroatoms.